The van der Waals surface area contributed by atoms with Crippen LogP contribution >= 0.6 is 0 Å². The number of aromatic nitrogens is 4. The van der Waals surface area contributed by atoms with Crippen molar-refractivity contribution >= 4 is 22.5 Å². The maximum atomic E-state index is 6.12. The number of nitrogen functional groups attached to an aromatic ring is 1. The number of aromatic amines is 1. The van der Waals surface area contributed by atoms with Gasteiger partial charge in [-0.25, -0.2) is 15.0 Å². The van der Waals surface area contributed by atoms with Crippen molar-refractivity contribution in [1.29, 1.82) is 0 Å². The molecule has 0 unspecified atom stereocenters. The maximum Gasteiger partial charge on any atom is 0.161 e. The van der Waals surface area contributed by atoms with E-state index in [9.17, 15) is 0 Å². The summed E-state index contributed by atoms with van der Waals surface area (Å²) in [5.74, 6) is 0.993. The monoisotopic (exact) mass is 371 g/mol. The van der Waals surface area contributed by atoms with Gasteiger partial charge in [-0.1, -0.05) is 24.3 Å². The topological polar surface area (TPSA) is 95.8 Å². The van der Waals surface area contributed by atoms with Crippen molar-refractivity contribution in [3.8, 4) is 22.8 Å². The highest BCUT2D eigenvalue weighted by molar-refractivity contribution is 5.81. The number of nitrogens with one attached hydrogen (secondary N) is 2. The second-order valence-corrected chi connectivity index (χ2v) is 6.88. The van der Waals surface area contributed by atoms with Crippen LogP contribution in [0, 0.1) is 0 Å². The van der Waals surface area contributed by atoms with Crippen molar-refractivity contribution < 1.29 is 0 Å². The van der Waals surface area contributed by atoms with Gasteiger partial charge in [-0.15, -0.1) is 0 Å². The average Bonchev–Trinajstić information content (AvgIpc) is 3.19. The van der Waals surface area contributed by atoms with E-state index in [1.165, 1.54) is 5.69 Å². The van der Waals surface area contributed by atoms with E-state index in [1.54, 1.807) is 6.20 Å². The van der Waals surface area contributed by atoms with E-state index in [2.05, 4.69) is 43.4 Å². The molecule has 1 aliphatic heterocycles. The van der Waals surface area contributed by atoms with Crippen molar-refractivity contribution in [3.05, 3.63) is 54.7 Å². The lowest BCUT2D eigenvalue weighted by Crippen LogP contribution is -2.43. The van der Waals surface area contributed by atoms with Crippen LogP contribution in [0.2, 0.25) is 0 Å². The fraction of sp³-hybridized carbons (Fsp3) is 0.190. The number of hydrogen-bond acceptors (Lipinski definition) is 6. The smallest absolute Gasteiger partial charge is 0.161 e. The lowest BCUT2D eigenvalue weighted by molar-refractivity contribution is 0.589. The fourth-order valence-corrected chi connectivity index (χ4v) is 3.56. The zero-order valence-electron chi connectivity index (χ0n) is 15.4. The maximum absolute atomic E-state index is 6.12. The molecule has 5 rings (SSSR count). The summed E-state index contributed by atoms with van der Waals surface area (Å²) < 4.78 is 0. The predicted molar refractivity (Wildman–Crippen MR) is 112 cm³/mol. The number of fused-ring (bicyclic) bond motifs is 1. The number of para-hydroxylation sites is 2. The quantitative estimate of drug-likeness (QED) is 0.512. The van der Waals surface area contributed by atoms with Crippen molar-refractivity contribution in [3.63, 3.8) is 0 Å². The van der Waals surface area contributed by atoms with Crippen molar-refractivity contribution in [2.45, 2.75) is 0 Å². The van der Waals surface area contributed by atoms with E-state index in [0.717, 1.165) is 48.5 Å². The van der Waals surface area contributed by atoms with Gasteiger partial charge in [0.25, 0.3) is 0 Å². The number of imidazole rings is 1. The number of anilines is 2. The van der Waals surface area contributed by atoms with Crippen LogP contribution in [-0.4, -0.2) is 46.1 Å². The summed E-state index contributed by atoms with van der Waals surface area (Å²) in [5, 5.41) is 3.39. The van der Waals surface area contributed by atoms with Crippen LogP contribution in [0.3, 0.4) is 0 Å². The number of H-pyrrole nitrogens is 1. The lowest BCUT2D eigenvalue weighted by Gasteiger charge is -2.29. The molecule has 0 bridgehead atoms. The molecule has 7 nitrogen and oxygen atoms in total. The molecule has 1 saturated heterocycles. The van der Waals surface area contributed by atoms with Crippen molar-refractivity contribution in [1.82, 2.24) is 25.3 Å². The molecule has 0 spiro atoms. The van der Waals surface area contributed by atoms with Gasteiger partial charge in [-0.2, -0.15) is 0 Å². The highest BCUT2D eigenvalue weighted by Crippen LogP contribution is 2.28. The minimum absolute atomic E-state index is 0.362. The first-order chi connectivity index (χ1) is 13.8. The summed E-state index contributed by atoms with van der Waals surface area (Å²) in [7, 11) is 0. The zero-order valence-corrected chi connectivity index (χ0v) is 15.4. The molecular weight excluding hydrogens is 350 g/mol. The molecule has 140 valence electrons. The van der Waals surface area contributed by atoms with E-state index in [-0.39, 0.29) is 0 Å². The molecule has 1 aliphatic rings. The Labute approximate surface area is 162 Å². The second kappa shape index (κ2) is 6.94. The summed E-state index contributed by atoms with van der Waals surface area (Å²) in [5.41, 5.74) is 11.5. The standard InChI is InChI=1S/C21H21N7/c22-20-19(21-26-16-6-1-2-7-17(16)27-21)25-18(13-24-20)14-4-3-5-15(12-14)28-10-8-23-9-11-28/h1-7,12-13,23H,8-11H2,(H2,22,24)(H,26,27). The Morgan fingerprint density at radius 2 is 1.82 bits per heavy atom. The van der Waals surface area contributed by atoms with Gasteiger partial charge in [0.05, 0.1) is 22.9 Å². The fourth-order valence-electron chi connectivity index (χ4n) is 3.56. The Morgan fingerprint density at radius 3 is 2.68 bits per heavy atom. The summed E-state index contributed by atoms with van der Waals surface area (Å²) in [4.78, 5) is 19.4. The summed E-state index contributed by atoms with van der Waals surface area (Å²) >= 11 is 0. The molecule has 7 heteroatoms. The molecule has 0 aliphatic carbocycles. The molecule has 0 radical (unpaired) electrons. The molecule has 0 atom stereocenters. The van der Waals surface area contributed by atoms with Crippen LogP contribution in [0.25, 0.3) is 33.8 Å². The molecule has 0 saturated carbocycles. The SMILES string of the molecule is Nc1ncc(-c2cccc(N3CCNCC3)c2)nc1-c1nc2ccccc2[nH]1. The molecule has 4 N–H and O–H groups in total. The molecule has 0 amide bonds. The Kier molecular flexibility index (Phi) is 4.14. The number of piperazine rings is 1. The second-order valence-electron chi connectivity index (χ2n) is 6.88. The molecule has 3 heterocycles. The first-order valence-corrected chi connectivity index (χ1v) is 9.42. The summed E-state index contributed by atoms with van der Waals surface area (Å²) in [6.07, 6.45) is 1.72. The van der Waals surface area contributed by atoms with Gasteiger partial charge < -0.3 is 20.9 Å². The third-order valence-electron chi connectivity index (χ3n) is 5.04. The van der Waals surface area contributed by atoms with Crippen LogP contribution in [-0.2, 0) is 0 Å². The zero-order chi connectivity index (χ0) is 18.9. The largest absolute Gasteiger partial charge is 0.382 e. The van der Waals surface area contributed by atoms with E-state index < -0.39 is 0 Å². The van der Waals surface area contributed by atoms with E-state index in [1.807, 2.05) is 30.3 Å². The van der Waals surface area contributed by atoms with Gasteiger partial charge in [-0.05, 0) is 24.3 Å². The van der Waals surface area contributed by atoms with Crippen molar-refractivity contribution in [2.24, 2.45) is 0 Å². The average molecular weight is 371 g/mol. The third kappa shape index (κ3) is 3.05. The highest BCUT2D eigenvalue weighted by Gasteiger charge is 2.15. The molecule has 1 fully saturated rings. The Hall–Kier alpha value is -3.45. The normalized spacial score (nSPS) is 14.5. The van der Waals surface area contributed by atoms with Gasteiger partial charge in [-0.3, -0.25) is 0 Å². The van der Waals surface area contributed by atoms with Crippen LogP contribution in [0.1, 0.15) is 0 Å². The molecule has 28 heavy (non-hydrogen) atoms. The lowest BCUT2D eigenvalue weighted by atomic mass is 10.1. The molecule has 2 aromatic heterocycles. The van der Waals surface area contributed by atoms with E-state index in [0.29, 0.717) is 17.3 Å². The molecular formula is C21H21N7. The number of benzene rings is 2. The first kappa shape index (κ1) is 16.7. The number of nitrogens with zero attached hydrogens (tertiary/aromatic N) is 4. The number of hydrogen-bond donors (Lipinski definition) is 3. The molecule has 2 aromatic carbocycles. The Balaban J connectivity index is 1.54. The highest BCUT2D eigenvalue weighted by atomic mass is 15.2. The Morgan fingerprint density at radius 1 is 0.964 bits per heavy atom. The van der Waals surface area contributed by atoms with E-state index >= 15 is 0 Å². The van der Waals surface area contributed by atoms with Gasteiger partial charge >= 0.3 is 0 Å². The van der Waals surface area contributed by atoms with Gasteiger partial charge in [0.15, 0.2) is 11.6 Å². The number of rotatable bonds is 3. The van der Waals surface area contributed by atoms with Gasteiger partial charge in [0.2, 0.25) is 0 Å². The van der Waals surface area contributed by atoms with E-state index in [4.69, 9.17) is 10.7 Å². The van der Waals surface area contributed by atoms with Crippen molar-refractivity contribution in [2.75, 3.05) is 36.8 Å². The van der Waals surface area contributed by atoms with Crippen LogP contribution in [0.5, 0.6) is 0 Å². The first-order valence-electron chi connectivity index (χ1n) is 9.42. The van der Waals surface area contributed by atoms with Gasteiger partial charge in [0, 0.05) is 37.4 Å². The minimum Gasteiger partial charge on any atom is -0.382 e. The number of nitrogens with two attached hydrogens (primary N) is 1. The molecule has 4 aromatic rings. The van der Waals surface area contributed by atoms with Crippen LogP contribution in [0.4, 0.5) is 11.5 Å². The Bertz CT molecular complexity index is 1100. The minimum atomic E-state index is 0.362. The van der Waals surface area contributed by atoms with Crippen LogP contribution in [0.15, 0.2) is 54.7 Å². The van der Waals surface area contributed by atoms with Gasteiger partial charge in [0.1, 0.15) is 5.69 Å². The summed E-state index contributed by atoms with van der Waals surface area (Å²) in [6.45, 7) is 4.01. The van der Waals surface area contributed by atoms with Crippen LogP contribution < -0.4 is 16.0 Å². The summed E-state index contributed by atoms with van der Waals surface area (Å²) in [6, 6.07) is 16.3. The predicted octanol–water partition coefficient (Wildman–Crippen LogP) is 2.68. The third-order valence-corrected chi connectivity index (χ3v) is 5.04.